The molecule has 0 aliphatic heterocycles. The number of nitrogens with zero attached hydrogens (tertiary/aromatic N) is 1. The molecule has 0 fully saturated rings. The number of rotatable bonds is 5. The van der Waals surface area contributed by atoms with Gasteiger partial charge in [-0.1, -0.05) is 0 Å². The number of aromatic nitrogens is 1. The molecule has 0 unspecified atom stereocenters. The average Bonchev–Trinajstić information content (AvgIpc) is 2.99. The van der Waals surface area contributed by atoms with Gasteiger partial charge in [-0.2, -0.15) is 0 Å². The van der Waals surface area contributed by atoms with Crippen LogP contribution in [0.3, 0.4) is 0 Å². The highest BCUT2D eigenvalue weighted by atomic mass is 32.1. The lowest BCUT2D eigenvalue weighted by molar-refractivity contribution is 0.340. The molecule has 3 rings (SSSR count). The van der Waals surface area contributed by atoms with Gasteiger partial charge >= 0.3 is 0 Å². The van der Waals surface area contributed by atoms with Gasteiger partial charge < -0.3 is 15.2 Å². The van der Waals surface area contributed by atoms with E-state index in [-0.39, 0.29) is 5.75 Å². The number of phenols is 1. The molecular weight excluding hydrogens is 296 g/mol. The minimum Gasteiger partial charge on any atom is -0.508 e. The molecule has 0 aliphatic carbocycles. The first-order chi connectivity index (χ1) is 10.7. The average molecular weight is 312 g/mol. The van der Waals surface area contributed by atoms with Crippen LogP contribution < -0.4 is 10.1 Å². The van der Waals surface area contributed by atoms with Gasteiger partial charge in [-0.3, -0.25) is 0 Å². The van der Waals surface area contributed by atoms with Crippen LogP contribution in [0, 0.1) is 0 Å². The first-order valence-corrected chi connectivity index (χ1v) is 7.87. The van der Waals surface area contributed by atoms with Crippen LogP contribution in [0.25, 0.3) is 11.3 Å². The van der Waals surface area contributed by atoms with Gasteiger partial charge in [0.2, 0.25) is 0 Å². The van der Waals surface area contributed by atoms with Gasteiger partial charge in [-0.15, -0.1) is 11.3 Å². The minimum absolute atomic E-state index is 0.256. The second kappa shape index (κ2) is 6.49. The molecular formula is C17H16N2O2S. The van der Waals surface area contributed by atoms with Crippen molar-refractivity contribution in [3.8, 4) is 22.8 Å². The van der Waals surface area contributed by atoms with Crippen LogP contribution >= 0.6 is 11.3 Å². The normalized spacial score (nSPS) is 10.4. The van der Waals surface area contributed by atoms with Gasteiger partial charge in [0.1, 0.15) is 11.5 Å². The van der Waals surface area contributed by atoms with E-state index in [0.29, 0.717) is 6.61 Å². The predicted molar refractivity (Wildman–Crippen MR) is 90.1 cm³/mol. The third-order valence-electron chi connectivity index (χ3n) is 3.08. The zero-order chi connectivity index (χ0) is 15.4. The zero-order valence-corrected chi connectivity index (χ0v) is 12.9. The molecule has 3 aromatic rings. The summed E-state index contributed by atoms with van der Waals surface area (Å²) in [6.07, 6.45) is 0. The molecule has 0 aliphatic rings. The fraction of sp³-hybridized carbons (Fsp3) is 0.118. The van der Waals surface area contributed by atoms with E-state index in [1.165, 1.54) is 0 Å². The Kier molecular flexibility index (Phi) is 4.25. The highest BCUT2D eigenvalue weighted by Gasteiger charge is 2.05. The molecule has 0 amide bonds. The molecule has 0 saturated heterocycles. The summed E-state index contributed by atoms with van der Waals surface area (Å²) in [5.41, 5.74) is 2.84. The predicted octanol–water partition coefficient (Wildman–Crippen LogP) is 4.66. The Labute approximate surface area is 133 Å². The van der Waals surface area contributed by atoms with E-state index in [1.807, 2.05) is 48.7 Å². The Balaban J connectivity index is 1.72. The summed E-state index contributed by atoms with van der Waals surface area (Å²) in [6.45, 7) is 2.63. The van der Waals surface area contributed by atoms with Crippen LogP contribution in [0.1, 0.15) is 6.92 Å². The smallest absolute Gasteiger partial charge is 0.187 e. The van der Waals surface area contributed by atoms with Gasteiger partial charge in [0.05, 0.1) is 12.3 Å². The second-order valence-corrected chi connectivity index (χ2v) is 5.53. The van der Waals surface area contributed by atoms with E-state index in [2.05, 4.69) is 10.3 Å². The summed E-state index contributed by atoms with van der Waals surface area (Å²) in [6, 6.07) is 14.8. The number of phenolic OH excluding ortho intramolecular Hbond substituents is 1. The number of aromatic hydroxyl groups is 1. The summed E-state index contributed by atoms with van der Waals surface area (Å²) in [5, 5.41) is 15.4. The van der Waals surface area contributed by atoms with Crippen LogP contribution in [0.15, 0.2) is 53.9 Å². The Morgan fingerprint density at radius 3 is 2.50 bits per heavy atom. The highest BCUT2D eigenvalue weighted by Crippen LogP contribution is 2.28. The molecule has 0 bridgehead atoms. The van der Waals surface area contributed by atoms with Gasteiger partial charge in [-0.05, 0) is 55.5 Å². The van der Waals surface area contributed by atoms with Crippen molar-refractivity contribution in [3.63, 3.8) is 0 Å². The molecule has 0 saturated carbocycles. The number of thiazole rings is 1. The SMILES string of the molecule is CCOc1ccc(Nc2nc(-c3ccc(O)cc3)cs2)cc1. The lowest BCUT2D eigenvalue weighted by Gasteiger charge is -2.05. The Bertz CT molecular complexity index is 736. The second-order valence-electron chi connectivity index (χ2n) is 4.67. The van der Waals surface area contributed by atoms with E-state index >= 15 is 0 Å². The lowest BCUT2D eigenvalue weighted by Crippen LogP contribution is -1.92. The van der Waals surface area contributed by atoms with Crippen molar-refractivity contribution in [2.75, 3.05) is 11.9 Å². The Morgan fingerprint density at radius 1 is 1.09 bits per heavy atom. The fourth-order valence-corrected chi connectivity index (χ4v) is 2.76. The number of benzene rings is 2. The lowest BCUT2D eigenvalue weighted by atomic mass is 10.2. The molecule has 1 heterocycles. The zero-order valence-electron chi connectivity index (χ0n) is 12.1. The van der Waals surface area contributed by atoms with Crippen LogP contribution in [0.4, 0.5) is 10.8 Å². The Hall–Kier alpha value is -2.53. The topological polar surface area (TPSA) is 54.4 Å². The van der Waals surface area contributed by atoms with Crippen molar-refractivity contribution in [1.82, 2.24) is 4.98 Å². The molecule has 5 heteroatoms. The van der Waals surface area contributed by atoms with Crippen molar-refractivity contribution in [2.45, 2.75) is 6.92 Å². The molecule has 1 aromatic heterocycles. The van der Waals surface area contributed by atoms with Crippen molar-refractivity contribution < 1.29 is 9.84 Å². The monoisotopic (exact) mass is 312 g/mol. The summed E-state index contributed by atoms with van der Waals surface area (Å²) in [4.78, 5) is 4.56. The van der Waals surface area contributed by atoms with E-state index in [0.717, 1.165) is 27.8 Å². The summed E-state index contributed by atoms with van der Waals surface area (Å²) < 4.78 is 5.42. The molecule has 22 heavy (non-hydrogen) atoms. The van der Waals surface area contributed by atoms with Crippen LogP contribution in [-0.2, 0) is 0 Å². The number of hydrogen-bond acceptors (Lipinski definition) is 5. The van der Waals surface area contributed by atoms with Crippen LogP contribution in [-0.4, -0.2) is 16.7 Å². The van der Waals surface area contributed by atoms with Gasteiger partial charge in [0.15, 0.2) is 5.13 Å². The van der Waals surface area contributed by atoms with E-state index in [1.54, 1.807) is 23.5 Å². The molecule has 0 atom stereocenters. The van der Waals surface area contributed by atoms with Crippen molar-refractivity contribution in [1.29, 1.82) is 0 Å². The molecule has 4 nitrogen and oxygen atoms in total. The van der Waals surface area contributed by atoms with Crippen molar-refractivity contribution >= 4 is 22.2 Å². The summed E-state index contributed by atoms with van der Waals surface area (Å²) in [7, 11) is 0. The first-order valence-electron chi connectivity index (χ1n) is 6.99. The molecule has 112 valence electrons. The van der Waals surface area contributed by atoms with Gasteiger partial charge in [-0.25, -0.2) is 4.98 Å². The maximum absolute atomic E-state index is 9.32. The van der Waals surface area contributed by atoms with Gasteiger partial charge in [0.25, 0.3) is 0 Å². The molecule has 2 N–H and O–H groups in total. The fourth-order valence-electron chi connectivity index (χ4n) is 2.02. The van der Waals surface area contributed by atoms with Gasteiger partial charge in [0, 0.05) is 16.6 Å². The number of anilines is 2. The quantitative estimate of drug-likeness (QED) is 0.719. The van der Waals surface area contributed by atoms with E-state index in [9.17, 15) is 5.11 Å². The standard InChI is InChI=1S/C17H16N2O2S/c1-2-21-15-9-5-13(6-10-15)18-17-19-16(11-22-17)12-3-7-14(20)8-4-12/h3-11,20H,2H2,1H3,(H,18,19). The Morgan fingerprint density at radius 2 is 1.82 bits per heavy atom. The van der Waals surface area contributed by atoms with Crippen molar-refractivity contribution in [2.24, 2.45) is 0 Å². The van der Waals surface area contributed by atoms with Crippen LogP contribution in [0.5, 0.6) is 11.5 Å². The van der Waals surface area contributed by atoms with Crippen molar-refractivity contribution in [3.05, 3.63) is 53.9 Å². The largest absolute Gasteiger partial charge is 0.508 e. The maximum Gasteiger partial charge on any atom is 0.187 e. The number of ether oxygens (including phenoxy) is 1. The first kappa shape index (κ1) is 14.4. The van der Waals surface area contributed by atoms with Crippen LogP contribution in [0.2, 0.25) is 0 Å². The third-order valence-corrected chi connectivity index (χ3v) is 3.84. The molecule has 2 aromatic carbocycles. The minimum atomic E-state index is 0.256. The number of nitrogens with one attached hydrogen (secondary N) is 1. The van der Waals surface area contributed by atoms with E-state index in [4.69, 9.17) is 4.74 Å². The third kappa shape index (κ3) is 3.38. The highest BCUT2D eigenvalue weighted by molar-refractivity contribution is 7.14. The summed E-state index contributed by atoms with van der Waals surface area (Å²) >= 11 is 1.54. The summed E-state index contributed by atoms with van der Waals surface area (Å²) in [5.74, 6) is 1.11. The maximum atomic E-state index is 9.32. The number of hydrogen-bond donors (Lipinski definition) is 2. The molecule has 0 spiro atoms. The molecule has 0 radical (unpaired) electrons. The van der Waals surface area contributed by atoms with E-state index < -0.39 is 0 Å².